The number of primary amides is 1. The first kappa shape index (κ1) is 11.5. The average molecular weight is 242 g/mol. The maximum absolute atomic E-state index is 11.2. The summed E-state index contributed by atoms with van der Waals surface area (Å²) < 4.78 is 5.61. The van der Waals surface area contributed by atoms with Gasteiger partial charge in [-0.2, -0.15) is 0 Å². The number of nitrogens with two attached hydrogens (primary N) is 1. The van der Waals surface area contributed by atoms with Crippen LogP contribution in [0.1, 0.15) is 26.7 Å². The van der Waals surface area contributed by atoms with Crippen molar-refractivity contribution in [2.75, 3.05) is 6.61 Å². The highest BCUT2D eigenvalue weighted by Crippen LogP contribution is 2.47. The SMILES string of the molecule is CC1(C)CCOC2=C(Cl)C=C(C(N)=O)CC21. The van der Waals surface area contributed by atoms with Crippen LogP contribution in [0.25, 0.3) is 0 Å². The van der Waals surface area contributed by atoms with Crippen LogP contribution in [0.2, 0.25) is 0 Å². The molecule has 0 spiro atoms. The van der Waals surface area contributed by atoms with Crippen LogP contribution in [0, 0.1) is 11.3 Å². The predicted octanol–water partition coefficient (Wildman–Crippen LogP) is 2.31. The molecule has 1 saturated heterocycles. The number of allylic oxidation sites excluding steroid dienone is 3. The van der Waals surface area contributed by atoms with E-state index in [9.17, 15) is 4.79 Å². The Balaban J connectivity index is 2.40. The summed E-state index contributed by atoms with van der Waals surface area (Å²) in [6, 6.07) is 0. The second-order valence-corrected chi connectivity index (χ2v) is 5.50. The van der Waals surface area contributed by atoms with Crippen LogP contribution in [0.5, 0.6) is 0 Å². The zero-order chi connectivity index (χ0) is 11.9. The number of halogens is 1. The molecule has 1 heterocycles. The Bertz CT molecular complexity index is 396. The monoisotopic (exact) mass is 241 g/mol. The smallest absolute Gasteiger partial charge is 0.244 e. The number of rotatable bonds is 1. The van der Waals surface area contributed by atoms with Gasteiger partial charge in [-0.05, 0) is 24.3 Å². The van der Waals surface area contributed by atoms with Gasteiger partial charge in [-0.1, -0.05) is 25.4 Å². The highest BCUT2D eigenvalue weighted by Gasteiger charge is 2.41. The Kier molecular flexibility index (Phi) is 2.74. The number of carbonyl (C=O) groups is 1. The van der Waals surface area contributed by atoms with E-state index in [4.69, 9.17) is 22.1 Å². The molecule has 0 aromatic heterocycles. The molecule has 2 aliphatic rings. The van der Waals surface area contributed by atoms with Crippen LogP contribution < -0.4 is 5.73 Å². The summed E-state index contributed by atoms with van der Waals surface area (Å²) in [5.41, 5.74) is 6.01. The number of fused-ring (bicyclic) bond motifs is 1. The lowest BCUT2D eigenvalue weighted by Crippen LogP contribution is -2.36. The normalized spacial score (nSPS) is 27.9. The zero-order valence-electron chi connectivity index (χ0n) is 9.55. The van der Waals surface area contributed by atoms with E-state index < -0.39 is 5.91 Å². The molecule has 1 aliphatic carbocycles. The van der Waals surface area contributed by atoms with E-state index in [1.54, 1.807) is 6.08 Å². The lowest BCUT2D eigenvalue weighted by atomic mass is 9.69. The van der Waals surface area contributed by atoms with Crippen molar-refractivity contribution in [2.45, 2.75) is 26.7 Å². The van der Waals surface area contributed by atoms with Gasteiger partial charge in [0.1, 0.15) is 5.76 Å². The highest BCUT2D eigenvalue weighted by molar-refractivity contribution is 6.32. The number of carbonyl (C=O) groups excluding carboxylic acids is 1. The van der Waals surface area contributed by atoms with Crippen molar-refractivity contribution in [1.29, 1.82) is 0 Å². The third-order valence-corrected chi connectivity index (χ3v) is 3.84. The topological polar surface area (TPSA) is 52.3 Å². The molecule has 1 amide bonds. The van der Waals surface area contributed by atoms with Gasteiger partial charge in [-0.25, -0.2) is 0 Å². The van der Waals surface area contributed by atoms with Crippen molar-refractivity contribution in [3.05, 3.63) is 22.4 Å². The molecule has 1 unspecified atom stereocenters. The van der Waals surface area contributed by atoms with E-state index in [1.165, 1.54) is 0 Å². The van der Waals surface area contributed by atoms with E-state index in [-0.39, 0.29) is 11.3 Å². The van der Waals surface area contributed by atoms with E-state index in [0.29, 0.717) is 23.6 Å². The van der Waals surface area contributed by atoms with Crippen molar-refractivity contribution in [3.63, 3.8) is 0 Å². The van der Waals surface area contributed by atoms with Gasteiger partial charge in [-0.3, -0.25) is 4.79 Å². The lowest BCUT2D eigenvalue weighted by molar-refractivity contribution is -0.115. The van der Waals surface area contributed by atoms with Crippen molar-refractivity contribution in [1.82, 2.24) is 0 Å². The van der Waals surface area contributed by atoms with E-state index >= 15 is 0 Å². The van der Waals surface area contributed by atoms with Crippen molar-refractivity contribution in [3.8, 4) is 0 Å². The molecule has 3 nitrogen and oxygen atoms in total. The Labute approximate surface area is 100 Å². The minimum absolute atomic E-state index is 0.0999. The zero-order valence-corrected chi connectivity index (χ0v) is 10.3. The lowest BCUT2D eigenvalue weighted by Gasteiger charge is -2.42. The van der Waals surface area contributed by atoms with Crippen LogP contribution in [0.15, 0.2) is 22.4 Å². The molecular weight excluding hydrogens is 226 g/mol. The van der Waals surface area contributed by atoms with E-state index in [2.05, 4.69) is 13.8 Å². The number of ether oxygens (including phenoxy) is 1. The standard InChI is InChI=1S/C12H16ClNO2/c1-12(2)3-4-16-10-8(12)5-7(11(14)15)6-9(10)13/h6,8H,3-5H2,1-2H3,(H2,14,15). The second kappa shape index (κ2) is 3.81. The molecule has 2 rings (SSSR count). The maximum atomic E-state index is 11.2. The van der Waals surface area contributed by atoms with Gasteiger partial charge < -0.3 is 10.5 Å². The molecular formula is C12H16ClNO2. The molecule has 4 heteroatoms. The van der Waals surface area contributed by atoms with Crippen LogP contribution in [0.3, 0.4) is 0 Å². The second-order valence-electron chi connectivity index (χ2n) is 5.09. The predicted molar refractivity (Wildman–Crippen MR) is 62.6 cm³/mol. The van der Waals surface area contributed by atoms with Crippen molar-refractivity contribution >= 4 is 17.5 Å². The van der Waals surface area contributed by atoms with Crippen LogP contribution in [0.4, 0.5) is 0 Å². The van der Waals surface area contributed by atoms with Crippen molar-refractivity contribution < 1.29 is 9.53 Å². The first-order valence-electron chi connectivity index (χ1n) is 5.44. The largest absolute Gasteiger partial charge is 0.496 e. The fraction of sp³-hybridized carbons (Fsp3) is 0.583. The molecule has 0 bridgehead atoms. The van der Waals surface area contributed by atoms with Gasteiger partial charge >= 0.3 is 0 Å². The summed E-state index contributed by atoms with van der Waals surface area (Å²) in [5.74, 6) is 0.600. The molecule has 1 atom stereocenters. The minimum Gasteiger partial charge on any atom is -0.496 e. The summed E-state index contributed by atoms with van der Waals surface area (Å²) in [6.07, 6.45) is 3.24. The fourth-order valence-electron chi connectivity index (χ4n) is 2.33. The first-order valence-corrected chi connectivity index (χ1v) is 5.82. The average Bonchev–Trinajstić information content (AvgIpc) is 2.18. The van der Waals surface area contributed by atoms with Gasteiger partial charge in [0.25, 0.3) is 0 Å². The first-order chi connectivity index (χ1) is 7.42. The molecule has 88 valence electrons. The molecule has 0 saturated carbocycles. The molecule has 0 aromatic rings. The molecule has 0 radical (unpaired) electrons. The Hall–Kier alpha value is -0.960. The summed E-state index contributed by atoms with van der Waals surface area (Å²) in [6.45, 7) is 5.04. The third kappa shape index (κ3) is 1.84. The number of hydrogen-bond acceptors (Lipinski definition) is 2. The summed E-state index contributed by atoms with van der Waals surface area (Å²) >= 11 is 6.13. The summed E-state index contributed by atoms with van der Waals surface area (Å²) in [7, 11) is 0. The molecule has 1 fully saturated rings. The van der Waals surface area contributed by atoms with Gasteiger partial charge in [0.2, 0.25) is 5.91 Å². The van der Waals surface area contributed by atoms with Crippen molar-refractivity contribution in [2.24, 2.45) is 17.1 Å². The number of hydrogen-bond donors (Lipinski definition) is 1. The van der Waals surface area contributed by atoms with Crippen LogP contribution in [-0.2, 0) is 9.53 Å². The molecule has 2 N–H and O–H groups in total. The Morgan fingerprint density at radius 1 is 1.62 bits per heavy atom. The van der Waals surface area contributed by atoms with E-state index in [1.807, 2.05) is 0 Å². The minimum atomic E-state index is -0.390. The van der Waals surface area contributed by atoms with Gasteiger partial charge in [-0.15, -0.1) is 0 Å². The summed E-state index contributed by atoms with van der Waals surface area (Å²) in [4.78, 5) is 11.2. The Morgan fingerprint density at radius 2 is 2.31 bits per heavy atom. The third-order valence-electron chi connectivity index (χ3n) is 3.54. The Morgan fingerprint density at radius 3 is 2.94 bits per heavy atom. The molecule has 16 heavy (non-hydrogen) atoms. The summed E-state index contributed by atoms with van der Waals surface area (Å²) in [5, 5.41) is 0.526. The van der Waals surface area contributed by atoms with E-state index in [0.717, 1.165) is 12.2 Å². The quantitative estimate of drug-likeness (QED) is 0.766. The molecule has 0 aromatic carbocycles. The van der Waals surface area contributed by atoms with Gasteiger partial charge in [0.15, 0.2) is 0 Å². The van der Waals surface area contributed by atoms with Gasteiger partial charge in [0, 0.05) is 11.5 Å². The number of amides is 1. The fourth-order valence-corrected chi connectivity index (χ4v) is 2.65. The highest BCUT2D eigenvalue weighted by atomic mass is 35.5. The molecule has 1 aliphatic heterocycles. The van der Waals surface area contributed by atoms with Crippen LogP contribution in [-0.4, -0.2) is 12.5 Å². The van der Waals surface area contributed by atoms with Gasteiger partial charge in [0.05, 0.1) is 11.6 Å². The van der Waals surface area contributed by atoms with Crippen LogP contribution >= 0.6 is 11.6 Å². The maximum Gasteiger partial charge on any atom is 0.244 e.